The predicted octanol–water partition coefficient (Wildman–Crippen LogP) is 2.03. The molecule has 2 nitrogen and oxygen atoms in total. The van der Waals surface area contributed by atoms with Crippen LogP contribution in [0.25, 0.3) is 0 Å². The zero-order valence-corrected chi connectivity index (χ0v) is 8.01. The van der Waals surface area contributed by atoms with E-state index in [0.29, 0.717) is 11.6 Å². The van der Waals surface area contributed by atoms with Crippen LogP contribution in [0.1, 0.15) is 28.8 Å². The lowest BCUT2D eigenvalue weighted by atomic mass is 10.1. The third-order valence-corrected chi connectivity index (χ3v) is 2.36. The molecule has 74 valence electrons. The van der Waals surface area contributed by atoms with E-state index in [-0.39, 0.29) is 11.7 Å². The number of amides is 1. The minimum absolute atomic E-state index is 0.162. The second kappa shape index (κ2) is 3.40. The van der Waals surface area contributed by atoms with E-state index in [1.807, 2.05) is 0 Å². The lowest BCUT2D eigenvalue weighted by Crippen LogP contribution is -2.26. The van der Waals surface area contributed by atoms with E-state index in [4.69, 9.17) is 0 Å². The third-order valence-electron chi connectivity index (χ3n) is 2.36. The Kier molecular flexibility index (Phi) is 2.23. The molecular weight excluding hydrogens is 181 g/mol. The van der Waals surface area contributed by atoms with Crippen molar-refractivity contribution in [2.75, 3.05) is 0 Å². The summed E-state index contributed by atoms with van der Waals surface area (Å²) in [6, 6.07) is 4.58. The zero-order chi connectivity index (χ0) is 10.1. The minimum Gasteiger partial charge on any atom is -0.349 e. The molecule has 1 saturated carbocycles. The van der Waals surface area contributed by atoms with E-state index in [2.05, 4.69) is 5.32 Å². The van der Waals surface area contributed by atoms with Crippen LogP contribution in [0.2, 0.25) is 0 Å². The summed E-state index contributed by atoms with van der Waals surface area (Å²) >= 11 is 0. The monoisotopic (exact) mass is 193 g/mol. The molecule has 1 aromatic carbocycles. The average molecular weight is 193 g/mol. The fourth-order valence-corrected chi connectivity index (χ4v) is 1.33. The van der Waals surface area contributed by atoms with Crippen LogP contribution in [0.15, 0.2) is 18.2 Å². The number of hydrogen-bond acceptors (Lipinski definition) is 1. The van der Waals surface area contributed by atoms with Crippen molar-refractivity contribution in [3.8, 4) is 0 Å². The highest BCUT2D eigenvalue weighted by Crippen LogP contribution is 2.20. The van der Waals surface area contributed by atoms with Gasteiger partial charge in [0.05, 0.1) is 0 Å². The first-order valence-corrected chi connectivity index (χ1v) is 4.74. The Morgan fingerprint density at radius 2 is 2.21 bits per heavy atom. The molecule has 14 heavy (non-hydrogen) atoms. The van der Waals surface area contributed by atoms with Crippen LogP contribution in [-0.2, 0) is 0 Å². The summed E-state index contributed by atoms with van der Waals surface area (Å²) in [4.78, 5) is 11.6. The highest BCUT2D eigenvalue weighted by Gasteiger charge is 2.24. The fraction of sp³-hybridized carbons (Fsp3) is 0.364. The normalized spacial score (nSPS) is 15.3. The molecule has 0 saturated heterocycles. The van der Waals surface area contributed by atoms with Gasteiger partial charge in [-0.25, -0.2) is 4.39 Å². The molecule has 1 aliphatic rings. The van der Waals surface area contributed by atoms with Gasteiger partial charge in [-0.2, -0.15) is 0 Å². The van der Waals surface area contributed by atoms with E-state index < -0.39 is 0 Å². The molecule has 0 atom stereocenters. The standard InChI is InChI=1S/C11H12FNO/c1-7-2-3-8(12)6-10(7)11(14)13-9-4-5-9/h2-3,6,9H,4-5H2,1H3,(H,13,14). The smallest absolute Gasteiger partial charge is 0.251 e. The van der Waals surface area contributed by atoms with E-state index >= 15 is 0 Å². The largest absolute Gasteiger partial charge is 0.349 e. The molecule has 0 unspecified atom stereocenters. The fourth-order valence-electron chi connectivity index (χ4n) is 1.33. The summed E-state index contributed by atoms with van der Waals surface area (Å²) in [5, 5.41) is 2.83. The Labute approximate surface area is 82.1 Å². The minimum atomic E-state index is -0.364. The van der Waals surface area contributed by atoms with Gasteiger partial charge in [-0.1, -0.05) is 6.07 Å². The molecule has 3 heteroatoms. The molecule has 0 aromatic heterocycles. The number of carbonyl (C=O) groups is 1. The second-order valence-electron chi connectivity index (χ2n) is 3.71. The van der Waals surface area contributed by atoms with Crippen molar-refractivity contribution in [1.82, 2.24) is 5.32 Å². The number of aryl methyl sites for hydroxylation is 1. The summed E-state index contributed by atoms with van der Waals surface area (Å²) in [6.45, 7) is 1.81. The van der Waals surface area contributed by atoms with Gasteiger partial charge in [-0.05, 0) is 37.5 Å². The van der Waals surface area contributed by atoms with Gasteiger partial charge in [0.2, 0.25) is 0 Å². The first-order valence-electron chi connectivity index (χ1n) is 4.74. The van der Waals surface area contributed by atoms with Crippen LogP contribution in [0.4, 0.5) is 4.39 Å². The Balaban J connectivity index is 2.20. The van der Waals surface area contributed by atoms with Crippen molar-refractivity contribution < 1.29 is 9.18 Å². The number of benzene rings is 1. The van der Waals surface area contributed by atoms with Crippen LogP contribution in [0.3, 0.4) is 0 Å². The molecule has 1 N–H and O–H groups in total. The lowest BCUT2D eigenvalue weighted by Gasteiger charge is -2.06. The highest BCUT2D eigenvalue weighted by molar-refractivity contribution is 5.95. The maximum Gasteiger partial charge on any atom is 0.251 e. The number of rotatable bonds is 2. The molecule has 0 heterocycles. The summed E-state index contributed by atoms with van der Waals surface area (Å²) in [5.41, 5.74) is 1.25. The van der Waals surface area contributed by atoms with Crippen molar-refractivity contribution >= 4 is 5.91 Å². The van der Waals surface area contributed by atoms with Crippen LogP contribution in [-0.4, -0.2) is 11.9 Å². The first-order chi connectivity index (χ1) is 6.66. The Hall–Kier alpha value is -1.38. The van der Waals surface area contributed by atoms with Crippen molar-refractivity contribution in [2.45, 2.75) is 25.8 Å². The van der Waals surface area contributed by atoms with Gasteiger partial charge in [-0.15, -0.1) is 0 Å². The molecule has 1 aliphatic carbocycles. The van der Waals surface area contributed by atoms with Gasteiger partial charge in [0.15, 0.2) is 0 Å². The molecule has 1 fully saturated rings. The average Bonchev–Trinajstić information content (AvgIpc) is 2.93. The molecule has 2 rings (SSSR count). The quantitative estimate of drug-likeness (QED) is 0.765. The van der Waals surface area contributed by atoms with Crippen molar-refractivity contribution in [1.29, 1.82) is 0 Å². The van der Waals surface area contributed by atoms with Crippen LogP contribution in [0, 0.1) is 12.7 Å². The van der Waals surface area contributed by atoms with E-state index in [1.54, 1.807) is 13.0 Å². The lowest BCUT2D eigenvalue weighted by molar-refractivity contribution is 0.0950. The number of nitrogens with one attached hydrogen (secondary N) is 1. The molecular formula is C11H12FNO. The number of halogens is 1. The maximum atomic E-state index is 12.9. The Morgan fingerprint density at radius 3 is 2.86 bits per heavy atom. The topological polar surface area (TPSA) is 29.1 Å². The van der Waals surface area contributed by atoms with Crippen molar-refractivity contribution in [3.63, 3.8) is 0 Å². The van der Waals surface area contributed by atoms with Gasteiger partial charge in [0.1, 0.15) is 5.82 Å². The summed E-state index contributed by atoms with van der Waals surface area (Å²) in [5.74, 6) is -0.527. The van der Waals surface area contributed by atoms with Crippen LogP contribution >= 0.6 is 0 Å². The van der Waals surface area contributed by atoms with E-state index in [9.17, 15) is 9.18 Å². The molecule has 0 aliphatic heterocycles. The van der Waals surface area contributed by atoms with Gasteiger partial charge < -0.3 is 5.32 Å². The van der Waals surface area contributed by atoms with Gasteiger partial charge >= 0.3 is 0 Å². The molecule has 1 aromatic rings. The summed E-state index contributed by atoms with van der Waals surface area (Å²) < 4.78 is 12.9. The zero-order valence-electron chi connectivity index (χ0n) is 8.01. The second-order valence-corrected chi connectivity index (χ2v) is 3.71. The molecule has 1 amide bonds. The predicted molar refractivity (Wildman–Crippen MR) is 51.6 cm³/mol. The van der Waals surface area contributed by atoms with Crippen molar-refractivity contribution in [2.24, 2.45) is 0 Å². The van der Waals surface area contributed by atoms with Crippen LogP contribution < -0.4 is 5.32 Å². The van der Waals surface area contributed by atoms with Crippen LogP contribution in [0.5, 0.6) is 0 Å². The van der Waals surface area contributed by atoms with E-state index in [0.717, 1.165) is 18.4 Å². The van der Waals surface area contributed by atoms with E-state index in [1.165, 1.54) is 12.1 Å². The third kappa shape index (κ3) is 1.92. The molecule has 0 radical (unpaired) electrons. The first kappa shape index (κ1) is 9.19. The number of hydrogen-bond donors (Lipinski definition) is 1. The molecule has 0 bridgehead atoms. The molecule has 0 spiro atoms. The Morgan fingerprint density at radius 1 is 1.50 bits per heavy atom. The maximum absolute atomic E-state index is 12.9. The van der Waals surface area contributed by atoms with Gasteiger partial charge in [-0.3, -0.25) is 4.79 Å². The number of carbonyl (C=O) groups excluding carboxylic acids is 1. The highest BCUT2D eigenvalue weighted by atomic mass is 19.1. The SMILES string of the molecule is Cc1ccc(F)cc1C(=O)NC1CC1. The Bertz CT molecular complexity index is 372. The van der Waals surface area contributed by atoms with Gasteiger partial charge in [0, 0.05) is 11.6 Å². The van der Waals surface area contributed by atoms with Gasteiger partial charge in [0.25, 0.3) is 5.91 Å². The summed E-state index contributed by atoms with van der Waals surface area (Å²) in [7, 11) is 0. The van der Waals surface area contributed by atoms with Crippen molar-refractivity contribution in [3.05, 3.63) is 35.1 Å². The summed E-state index contributed by atoms with van der Waals surface area (Å²) in [6.07, 6.45) is 2.08.